The predicted octanol–water partition coefficient (Wildman–Crippen LogP) is 0.467. The maximum atomic E-state index is 10.8. The summed E-state index contributed by atoms with van der Waals surface area (Å²) in [5.41, 5.74) is 2.19. The number of fused-ring (bicyclic) bond motifs is 2. The summed E-state index contributed by atoms with van der Waals surface area (Å²) in [6.07, 6.45) is 1.46. The minimum Gasteiger partial charge on any atom is -0.309 e. The smallest absolute Gasteiger partial charge is 0.309 e. The highest BCUT2D eigenvalue weighted by Crippen LogP contribution is 2.13. The number of nitrogens with one attached hydrogen (secondary N) is 1. The first kappa shape index (κ1) is 11.7. The molecule has 0 radical (unpaired) electrons. The molecule has 0 amide bonds. The van der Waals surface area contributed by atoms with E-state index in [1.54, 1.807) is 0 Å². The zero-order chi connectivity index (χ0) is 13.2. The predicted molar refractivity (Wildman–Crippen MR) is 70.6 cm³/mol. The van der Waals surface area contributed by atoms with Gasteiger partial charge in [0.1, 0.15) is 5.69 Å². The van der Waals surface area contributed by atoms with E-state index >= 15 is 0 Å². The van der Waals surface area contributed by atoms with Gasteiger partial charge in [-0.2, -0.15) is 0 Å². The van der Waals surface area contributed by atoms with Gasteiger partial charge in [0.15, 0.2) is 0 Å². The Labute approximate surface area is 109 Å². The standard InChI is InChI=1S/C8H9N.C6H2N2O2/c1-2-4-8-6-9-5-7(8)3-1;9-5-4-3(1-2-7-4)8-6(5)10/h1-4,9H,5-6H2;1-2H. The lowest BCUT2D eigenvalue weighted by Gasteiger charge is -1.91. The summed E-state index contributed by atoms with van der Waals surface area (Å²) in [6, 6.07) is 10.1. The fourth-order valence-electron chi connectivity index (χ4n) is 2.09. The Balaban J connectivity index is 0.000000117. The van der Waals surface area contributed by atoms with Crippen molar-refractivity contribution in [3.8, 4) is 11.4 Å². The van der Waals surface area contributed by atoms with Crippen LogP contribution in [0, 0.1) is 0 Å². The molecule has 3 aliphatic rings. The van der Waals surface area contributed by atoms with Crippen LogP contribution < -0.4 is 16.3 Å². The van der Waals surface area contributed by atoms with Crippen molar-refractivity contribution < 1.29 is 0 Å². The van der Waals surface area contributed by atoms with Crippen LogP contribution in [0.15, 0.2) is 46.1 Å². The summed E-state index contributed by atoms with van der Waals surface area (Å²) in [5.74, 6) is 0. The topological polar surface area (TPSA) is 72.0 Å². The third kappa shape index (κ3) is 2.15. The Morgan fingerprint density at radius 2 is 1.68 bits per heavy atom. The molecule has 1 aromatic carbocycles. The zero-order valence-electron chi connectivity index (χ0n) is 10.1. The molecule has 0 bridgehead atoms. The van der Waals surface area contributed by atoms with Gasteiger partial charge in [-0.1, -0.05) is 24.3 Å². The number of benzene rings is 1. The lowest BCUT2D eigenvalue weighted by atomic mass is 10.1. The van der Waals surface area contributed by atoms with Gasteiger partial charge in [0.05, 0.1) is 5.69 Å². The number of aromatic nitrogens is 2. The Kier molecular flexibility index (Phi) is 2.89. The maximum absolute atomic E-state index is 10.8. The molecule has 0 saturated heterocycles. The van der Waals surface area contributed by atoms with Crippen molar-refractivity contribution in [2.24, 2.45) is 0 Å². The Hall–Kier alpha value is -2.40. The normalized spacial score (nSPS) is 13.1. The summed E-state index contributed by atoms with van der Waals surface area (Å²) in [5, 5.41) is 3.29. The molecule has 94 valence electrons. The van der Waals surface area contributed by atoms with Crippen molar-refractivity contribution in [2.45, 2.75) is 13.1 Å². The van der Waals surface area contributed by atoms with E-state index in [-0.39, 0.29) is 5.69 Å². The van der Waals surface area contributed by atoms with E-state index in [1.165, 1.54) is 23.4 Å². The average Bonchev–Trinajstić information content (AvgIpc) is 3.10. The van der Waals surface area contributed by atoms with Crippen molar-refractivity contribution in [3.63, 3.8) is 0 Å². The number of hydrogen-bond donors (Lipinski definition) is 1. The van der Waals surface area contributed by atoms with Crippen molar-refractivity contribution in [2.75, 3.05) is 0 Å². The third-order valence-corrected chi connectivity index (χ3v) is 3.06. The van der Waals surface area contributed by atoms with Crippen LogP contribution in [-0.4, -0.2) is 9.97 Å². The molecule has 0 atom stereocenters. The van der Waals surface area contributed by atoms with Gasteiger partial charge in [-0.25, -0.2) is 4.98 Å². The summed E-state index contributed by atoms with van der Waals surface area (Å²) >= 11 is 0. The molecule has 0 spiro atoms. The van der Waals surface area contributed by atoms with Gasteiger partial charge in [-0.05, 0) is 17.2 Å². The zero-order valence-corrected chi connectivity index (χ0v) is 10.1. The second kappa shape index (κ2) is 4.70. The highest BCUT2D eigenvalue weighted by atomic mass is 16.2. The summed E-state index contributed by atoms with van der Waals surface area (Å²) in [7, 11) is 0. The van der Waals surface area contributed by atoms with Gasteiger partial charge < -0.3 is 5.32 Å². The van der Waals surface area contributed by atoms with Crippen LogP contribution in [0.4, 0.5) is 0 Å². The van der Waals surface area contributed by atoms with Crippen LogP contribution in [0.25, 0.3) is 11.4 Å². The quantitative estimate of drug-likeness (QED) is 0.589. The lowest BCUT2D eigenvalue weighted by Crippen LogP contribution is -2.19. The molecule has 19 heavy (non-hydrogen) atoms. The molecule has 0 aromatic heterocycles. The number of nitrogens with zero attached hydrogens (tertiary/aromatic N) is 2. The van der Waals surface area contributed by atoms with Crippen LogP contribution in [0.5, 0.6) is 0 Å². The van der Waals surface area contributed by atoms with Gasteiger partial charge >= 0.3 is 5.56 Å². The van der Waals surface area contributed by atoms with Gasteiger partial charge in [0.25, 0.3) is 5.43 Å². The lowest BCUT2D eigenvalue weighted by molar-refractivity contribution is 0.765. The van der Waals surface area contributed by atoms with Gasteiger partial charge in [-0.15, -0.1) is 0 Å². The molecule has 0 unspecified atom stereocenters. The Bertz CT molecular complexity index is 736. The SMILES string of the molecule is O=c1nc2ccnc-2c1=O.c1ccc2c(c1)CNC2. The van der Waals surface area contributed by atoms with E-state index in [0.717, 1.165) is 13.1 Å². The van der Waals surface area contributed by atoms with Crippen LogP contribution >= 0.6 is 0 Å². The van der Waals surface area contributed by atoms with Gasteiger partial charge in [0, 0.05) is 19.3 Å². The largest absolute Gasteiger partial charge is 0.320 e. The van der Waals surface area contributed by atoms with Crippen molar-refractivity contribution in [1.82, 2.24) is 15.3 Å². The molecule has 0 saturated carbocycles. The molecule has 0 aliphatic carbocycles. The second-order valence-electron chi connectivity index (χ2n) is 4.30. The Morgan fingerprint density at radius 1 is 1.00 bits per heavy atom. The van der Waals surface area contributed by atoms with Crippen LogP contribution in [0.2, 0.25) is 0 Å². The monoisotopic (exact) mass is 253 g/mol. The minimum atomic E-state index is -0.710. The Morgan fingerprint density at radius 3 is 2.32 bits per heavy atom. The molecule has 4 rings (SSSR count). The maximum Gasteiger partial charge on any atom is 0.320 e. The average molecular weight is 253 g/mol. The van der Waals surface area contributed by atoms with Crippen molar-refractivity contribution >= 4 is 0 Å². The summed E-state index contributed by atoms with van der Waals surface area (Å²) in [4.78, 5) is 28.4. The van der Waals surface area contributed by atoms with Gasteiger partial charge in [0.2, 0.25) is 0 Å². The molecule has 3 heterocycles. The second-order valence-corrected chi connectivity index (χ2v) is 4.30. The minimum absolute atomic E-state index is 0.185. The third-order valence-electron chi connectivity index (χ3n) is 3.06. The first-order valence-corrected chi connectivity index (χ1v) is 5.95. The summed E-state index contributed by atoms with van der Waals surface area (Å²) < 4.78 is 0. The molecule has 1 aromatic rings. The first-order valence-electron chi connectivity index (χ1n) is 5.95. The number of hydrogen-bond acceptors (Lipinski definition) is 5. The van der Waals surface area contributed by atoms with E-state index < -0.39 is 11.0 Å². The highest BCUT2D eigenvalue weighted by molar-refractivity contribution is 5.56. The first-order chi connectivity index (χ1) is 9.25. The van der Waals surface area contributed by atoms with Crippen molar-refractivity contribution in [3.05, 3.63) is 68.2 Å². The van der Waals surface area contributed by atoms with Crippen molar-refractivity contribution in [1.29, 1.82) is 0 Å². The number of rotatable bonds is 0. The van der Waals surface area contributed by atoms with E-state index in [1.807, 2.05) is 0 Å². The molecular weight excluding hydrogens is 242 g/mol. The van der Waals surface area contributed by atoms with Crippen LogP contribution in [0.3, 0.4) is 0 Å². The van der Waals surface area contributed by atoms with E-state index in [9.17, 15) is 9.59 Å². The molecule has 3 aliphatic heterocycles. The van der Waals surface area contributed by atoms with E-state index in [2.05, 4.69) is 39.6 Å². The molecular formula is C14H11N3O2. The van der Waals surface area contributed by atoms with Gasteiger partial charge in [-0.3, -0.25) is 14.6 Å². The van der Waals surface area contributed by atoms with E-state index in [4.69, 9.17) is 0 Å². The fourth-order valence-corrected chi connectivity index (χ4v) is 2.09. The van der Waals surface area contributed by atoms with Crippen LogP contribution in [0.1, 0.15) is 11.1 Å². The van der Waals surface area contributed by atoms with E-state index in [0.29, 0.717) is 5.69 Å². The molecule has 5 nitrogen and oxygen atoms in total. The molecule has 5 heteroatoms. The highest BCUT2D eigenvalue weighted by Gasteiger charge is 2.14. The molecule has 1 N–H and O–H groups in total. The fraction of sp³-hybridized carbons (Fsp3) is 0.143. The molecule has 0 fully saturated rings. The summed E-state index contributed by atoms with van der Waals surface area (Å²) in [6.45, 7) is 2.10. The van der Waals surface area contributed by atoms with Crippen LogP contribution in [-0.2, 0) is 13.1 Å².